The Kier molecular flexibility index (Phi) is 5.89. The van der Waals surface area contributed by atoms with Gasteiger partial charge in [0, 0.05) is 11.1 Å². The van der Waals surface area contributed by atoms with Crippen LogP contribution in [0.25, 0.3) is 10.9 Å². The number of amides is 2. The van der Waals surface area contributed by atoms with E-state index in [2.05, 4.69) is 10.3 Å². The summed E-state index contributed by atoms with van der Waals surface area (Å²) in [6, 6.07) is 15.0. The van der Waals surface area contributed by atoms with Crippen LogP contribution >= 0.6 is 0 Å². The van der Waals surface area contributed by atoms with E-state index in [4.69, 9.17) is 10.5 Å². The third-order valence-corrected chi connectivity index (χ3v) is 4.59. The van der Waals surface area contributed by atoms with Gasteiger partial charge in [0.25, 0.3) is 0 Å². The van der Waals surface area contributed by atoms with Crippen molar-refractivity contribution in [2.75, 3.05) is 11.9 Å². The van der Waals surface area contributed by atoms with Crippen molar-refractivity contribution in [2.24, 2.45) is 5.73 Å². The number of aryl methyl sites for hydroxylation is 2. The topological polar surface area (TPSA) is 94.3 Å². The molecule has 0 saturated carbocycles. The summed E-state index contributed by atoms with van der Waals surface area (Å²) in [6.45, 7) is 4.10. The number of pyridine rings is 1. The Morgan fingerprint density at radius 1 is 1.07 bits per heavy atom. The van der Waals surface area contributed by atoms with Crippen LogP contribution in [-0.4, -0.2) is 23.4 Å². The first-order chi connectivity index (χ1) is 13.5. The average Bonchev–Trinajstić information content (AvgIpc) is 2.66. The highest BCUT2D eigenvalue weighted by Gasteiger charge is 2.14. The number of primary amides is 1. The fourth-order valence-corrected chi connectivity index (χ4v) is 3.14. The minimum Gasteiger partial charge on any atom is -0.491 e. The highest BCUT2D eigenvalue weighted by molar-refractivity contribution is 5.95. The fourth-order valence-electron chi connectivity index (χ4n) is 3.14. The zero-order valence-corrected chi connectivity index (χ0v) is 16.0. The van der Waals surface area contributed by atoms with Gasteiger partial charge in [-0.15, -0.1) is 0 Å². The minimum absolute atomic E-state index is 0.115. The van der Waals surface area contributed by atoms with Crippen molar-refractivity contribution >= 4 is 28.4 Å². The van der Waals surface area contributed by atoms with Gasteiger partial charge in [0.2, 0.25) is 11.8 Å². The monoisotopic (exact) mass is 377 g/mol. The molecular weight excluding hydrogens is 354 g/mol. The molecule has 0 aliphatic rings. The summed E-state index contributed by atoms with van der Waals surface area (Å²) in [6.07, 6.45) is 0.328. The SMILES string of the molecule is Cc1nc2ccccc2c(C)c1CC(=O)Nc1ccccc1OCCC(N)=O. The average molecular weight is 377 g/mol. The van der Waals surface area contributed by atoms with Crippen LogP contribution in [0.5, 0.6) is 5.75 Å². The van der Waals surface area contributed by atoms with Crippen LogP contribution in [0.4, 0.5) is 5.69 Å². The predicted octanol–water partition coefficient (Wildman–Crippen LogP) is 3.29. The van der Waals surface area contributed by atoms with E-state index in [1.54, 1.807) is 18.2 Å². The summed E-state index contributed by atoms with van der Waals surface area (Å²) >= 11 is 0. The second-order valence-corrected chi connectivity index (χ2v) is 6.60. The third kappa shape index (κ3) is 4.46. The van der Waals surface area contributed by atoms with Crippen molar-refractivity contribution in [2.45, 2.75) is 26.7 Å². The van der Waals surface area contributed by atoms with Crippen LogP contribution in [0.1, 0.15) is 23.2 Å². The van der Waals surface area contributed by atoms with Crippen LogP contribution in [0.15, 0.2) is 48.5 Å². The molecular formula is C22H23N3O3. The number of nitrogens with one attached hydrogen (secondary N) is 1. The number of hydrogen-bond donors (Lipinski definition) is 2. The standard InChI is InChI=1S/C22H23N3O3/c1-14-16-7-3-4-8-18(16)24-15(2)17(14)13-22(27)25-19-9-5-6-10-20(19)28-12-11-21(23)26/h3-10H,11-13H2,1-2H3,(H2,23,26)(H,25,27). The van der Waals surface area contributed by atoms with Gasteiger partial charge in [0.15, 0.2) is 0 Å². The van der Waals surface area contributed by atoms with E-state index < -0.39 is 5.91 Å². The number of aromatic nitrogens is 1. The van der Waals surface area contributed by atoms with Gasteiger partial charge in [-0.3, -0.25) is 14.6 Å². The number of fused-ring (bicyclic) bond motifs is 1. The number of anilines is 1. The Bertz CT molecular complexity index is 1030. The van der Waals surface area contributed by atoms with Gasteiger partial charge in [-0.25, -0.2) is 0 Å². The summed E-state index contributed by atoms with van der Waals surface area (Å²) in [4.78, 5) is 28.2. The lowest BCUT2D eigenvalue weighted by atomic mass is 9.99. The maximum absolute atomic E-state index is 12.7. The minimum atomic E-state index is -0.434. The molecule has 2 aromatic carbocycles. The molecule has 28 heavy (non-hydrogen) atoms. The second-order valence-electron chi connectivity index (χ2n) is 6.60. The Labute approximate surface area is 163 Å². The molecule has 3 N–H and O–H groups in total. The number of carbonyl (C=O) groups excluding carboxylic acids is 2. The molecule has 0 aliphatic carbocycles. The van der Waals surface area contributed by atoms with Gasteiger partial charge < -0.3 is 15.8 Å². The first-order valence-corrected chi connectivity index (χ1v) is 9.10. The Hall–Kier alpha value is -3.41. The van der Waals surface area contributed by atoms with E-state index in [-0.39, 0.29) is 25.4 Å². The molecule has 0 spiro atoms. The van der Waals surface area contributed by atoms with E-state index in [0.717, 1.165) is 27.7 Å². The molecule has 0 unspecified atom stereocenters. The summed E-state index contributed by atoms with van der Waals surface area (Å²) in [7, 11) is 0. The number of rotatable bonds is 7. The van der Waals surface area contributed by atoms with Gasteiger partial charge in [-0.1, -0.05) is 30.3 Å². The lowest BCUT2D eigenvalue weighted by Gasteiger charge is -2.14. The number of nitrogens with zero attached hydrogens (tertiary/aromatic N) is 1. The maximum Gasteiger partial charge on any atom is 0.228 e. The number of benzene rings is 2. The molecule has 6 heteroatoms. The van der Waals surface area contributed by atoms with Gasteiger partial charge in [-0.05, 0) is 43.2 Å². The van der Waals surface area contributed by atoms with Crippen molar-refractivity contribution in [1.29, 1.82) is 0 Å². The van der Waals surface area contributed by atoms with Crippen LogP contribution in [0.2, 0.25) is 0 Å². The summed E-state index contributed by atoms with van der Waals surface area (Å²) in [5.41, 5.74) is 9.44. The second kappa shape index (κ2) is 8.52. The Morgan fingerprint density at radius 2 is 1.79 bits per heavy atom. The molecule has 3 aromatic rings. The van der Waals surface area contributed by atoms with Crippen LogP contribution < -0.4 is 15.8 Å². The molecule has 2 amide bonds. The third-order valence-electron chi connectivity index (χ3n) is 4.59. The van der Waals surface area contributed by atoms with E-state index in [0.29, 0.717) is 11.4 Å². The molecule has 3 rings (SSSR count). The maximum atomic E-state index is 12.7. The largest absolute Gasteiger partial charge is 0.491 e. The van der Waals surface area contributed by atoms with Crippen molar-refractivity contribution in [3.63, 3.8) is 0 Å². The molecule has 0 bridgehead atoms. The van der Waals surface area contributed by atoms with Crippen LogP contribution in [-0.2, 0) is 16.0 Å². The van der Waals surface area contributed by atoms with E-state index in [9.17, 15) is 9.59 Å². The molecule has 0 radical (unpaired) electrons. The highest BCUT2D eigenvalue weighted by Crippen LogP contribution is 2.26. The Balaban J connectivity index is 1.76. The smallest absolute Gasteiger partial charge is 0.228 e. The molecule has 0 saturated heterocycles. The van der Waals surface area contributed by atoms with Crippen LogP contribution in [0, 0.1) is 13.8 Å². The van der Waals surface area contributed by atoms with E-state index in [1.165, 1.54) is 0 Å². The first kappa shape index (κ1) is 19.4. The van der Waals surface area contributed by atoms with Crippen molar-refractivity contribution in [3.05, 3.63) is 65.4 Å². The summed E-state index contributed by atoms with van der Waals surface area (Å²) in [5, 5.41) is 3.94. The molecule has 0 fully saturated rings. The normalized spacial score (nSPS) is 10.6. The van der Waals surface area contributed by atoms with E-state index >= 15 is 0 Å². The van der Waals surface area contributed by atoms with E-state index in [1.807, 2.05) is 44.2 Å². The number of ether oxygens (including phenoxy) is 1. The summed E-state index contributed by atoms with van der Waals surface area (Å²) < 4.78 is 5.58. The highest BCUT2D eigenvalue weighted by atomic mass is 16.5. The van der Waals surface area contributed by atoms with Crippen LogP contribution in [0.3, 0.4) is 0 Å². The van der Waals surface area contributed by atoms with Crippen molar-refractivity contribution < 1.29 is 14.3 Å². The fraction of sp³-hybridized carbons (Fsp3) is 0.227. The molecule has 0 aliphatic heterocycles. The summed E-state index contributed by atoms with van der Waals surface area (Å²) in [5.74, 6) is -0.0901. The number of hydrogen-bond acceptors (Lipinski definition) is 4. The Morgan fingerprint density at radius 3 is 2.57 bits per heavy atom. The zero-order chi connectivity index (χ0) is 20.1. The van der Waals surface area contributed by atoms with Gasteiger partial charge in [0.05, 0.1) is 30.7 Å². The quantitative estimate of drug-likeness (QED) is 0.661. The number of para-hydroxylation sites is 3. The molecule has 144 valence electrons. The molecule has 1 aromatic heterocycles. The lowest BCUT2D eigenvalue weighted by Crippen LogP contribution is -2.18. The lowest BCUT2D eigenvalue weighted by molar-refractivity contribution is -0.118. The number of nitrogens with two attached hydrogens (primary N) is 1. The zero-order valence-electron chi connectivity index (χ0n) is 16.0. The van der Waals surface area contributed by atoms with Gasteiger partial charge >= 0.3 is 0 Å². The molecule has 0 atom stereocenters. The predicted molar refractivity (Wildman–Crippen MR) is 109 cm³/mol. The molecule has 6 nitrogen and oxygen atoms in total. The molecule has 1 heterocycles. The van der Waals surface area contributed by atoms with Crippen molar-refractivity contribution in [1.82, 2.24) is 4.98 Å². The van der Waals surface area contributed by atoms with Gasteiger partial charge in [0.1, 0.15) is 5.75 Å². The first-order valence-electron chi connectivity index (χ1n) is 9.10. The number of carbonyl (C=O) groups is 2. The van der Waals surface area contributed by atoms with Gasteiger partial charge in [-0.2, -0.15) is 0 Å². The van der Waals surface area contributed by atoms with Crippen molar-refractivity contribution in [3.8, 4) is 5.75 Å².